The summed E-state index contributed by atoms with van der Waals surface area (Å²) in [5, 5.41) is 3.10. The molecular weight excluding hydrogens is 392 g/mol. The Kier molecular flexibility index (Phi) is 7.93. The average Bonchev–Trinajstić information content (AvgIpc) is 3.30. The largest absolute Gasteiger partial charge is 0.497 e. The number of nitrogens with one attached hydrogen (secondary N) is 1. The lowest BCUT2D eigenvalue weighted by atomic mass is 10.1. The molecule has 0 radical (unpaired) electrons. The van der Waals surface area contributed by atoms with Gasteiger partial charge in [0.15, 0.2) is 6.61 Å². The molecule has 1 N–H and O–H groups in total. The molecule has 2 aromatic carbocycles. The van der Waals surface area contributed by atoms with Gasteiger partial charge in [-0.05, 0) is 56.5 Å². The van der Waals surface area contributed by atoms with E-state index in [2.05, 4.69) is 5.32 Å². The lowest BCUT2D eigenvalue weighted by Gasteiger charge is -2.29. The van der Waals surface area contributed by atoms with Gasteiger partial charge in [0.25, 0.3) is 5.91 Å². The Bertz CT molecular complexity index is 858. The van der Waals surface area contributed by atoms with Crippen molar-refractivity contribution in [2.75, 3.05) is 13.7 Å². The van der Waals surface area contributed by atoms with Crippen LogP contribution in [-0.4, -0.2) is 42.5 Å². The van der Waals surface area contributed by atoms with E-state index in [-0.39, 0.29) is 24.5 Å². The van der Waals surface area contributed by atoms with Crippen molar-refractivity contribution in [2.45, 2.75) is 58.2 Å². The van der Waals surface area contributed by atoms with Crippen molar-refractivity contribution in [1.29, 1.82) is 0 Å². The number of benzene rings is 2. The van der Waals surface area contributed by atoms with Crippen molar-refractivity contribution in [2.24, 2.45) is 0 Å². The van der Waals surface area contributed by atoms with Crippen LogP contribution in [0.1, 0.15) is 43.7 Å². The summed E-state index contributed by atoms with van der Waals surface area (Å²) in [6.45, 7) is 3.97. The quantitative estimate of drug-likeness (QED) is 0.664. The van der Waals surface area contributed by atoms with Crippen LogP contribution in [0.4, 0.5) is 0 Å². The van der Waals surface area contributed by atoms with E-state index in [1.54, 1.807) is 18.9 Å². The maximum absolute atomic E-state index is 13.1. The number of nitrogens with zero attached hydrogens (tertiary/aromatic N) is 1. The number of hydrogen-bond donors (Lipinski definition) is 1. The maximum atomic E-state index is 13.1. The third kappa shape index (κ3) is 6.48. The predicted molar refractivity (Wildman–Crippen MR) is 120 cm³/mol. The maximum Gasteiger partial charge on any atom is 0.261 e. The zero-order valence-electron chi connectivity index (χ0n) is 18.6. The minimum absolute atomic E-state index is 0.121. The summed E-state index contributed by atoms with van der Waals surface area (Å²) >= 11 is 0. The number of ether oxygens (including phenoxy) is 2. The first kappa shape index (κ1) is 22.7. The van der Waals surface area contributed by atoms with Crippen LogP contribution in [0.2, 0.25) is 0 Å². The molecule has 2 aromatic rings. The van der Waals surface area contributed by atoms with Gasteiger partial charge in [0, 0.05) is 12.6 Å². The highest BCUT2D eigenvalue weighted by atomic mass is 16.5. The second kappa shape index (κ2) is 10.8. The Hall–Kier alpha value is -3.02. The minimum atomic E-state index is -0.600. The van der Waals surface area contributed by atoms with Crippen LogP contribution in [-0.2, 0) is 16.1 Å². The van der Waals surface area contributed by atoms with Crippen LogP contribution in [0.15, 0.2) is 48.5 Å². The SMILES string of the molecule is COc1ccc(CN(C(=O)COc2ccc(C)cc2)[C@@H](C)C(=O)NC2CCCC2)cc1. The molecule has 1 fully saturated rings. The van der Waals surface area contributed by atoms with Crippen molar-refractivity contribution in [3.63, 3.8) is 0 Å². The Morgan fingerprint density at radius 1 is 1.03 bits per heavy atom. The summed E-state index contributed by atoms with van der Waals surface area (Å²) in [4.78, 5) is 27.6. The third-order valence-electron chi connectivity index (χ3n) is 5.76. The lowest BCUT2D eigenvalue weighted by molar-refractivity contribution is -0.142. The van der Waals surface area contributed by atoms with Gasteiger partial charge in [0.05, 0.1) is 7.11 Å². The molecule has 1 aliphatic rings. The second-order valence-electron chi connectivity index (χ2n) is 8.14. The van der Waals surface area contributed by atoms with Crippen LogP contribution in [0.5, 0.6) is 11.5 Å². The van der Waals surface area contributed by atoms with Crippen molar-refractivity contribution >= 4 is 11.8 Å². The summed E-state index contributed by atoms with van der Waals surface area (Å²) in [7, 11) is 1.61. The molecule has 0 aromatic heterocycles. The van der Waals surface area contributed by atoms with Crippen LogP contribution < -0.4 is 14.8 Å². The number of carbonyl (C=O) groups excluding carboxylic acids is 2. The highest BCUT2D eigenvalue weighted by molar-refractivity contribution is 5.88. The van der Waals surface area contributed by atoms with Gasteiger partial charge in [-0.1, -0.05) is 42.7 Å². The van der Waals surface area contributed by atoms with E-state index in [9.17, 15) is 9.59 Å². The van der Waals surface area contributed by atoms with Gasteiger partial charge in [-0.3, -0.25) is 9.59 Å². The van der Waals surface area contributed by atoms with Crippen LogP contribution >= 0.6 is 0 Å². The molecule has 1 atom stereocenters. The zero-order valence-corrected chi connectivity index (χ0v) is 18.6. The standard InChI is InChI=1S/C25H32N2O4/c1-18-8-12-23(13-9-18)31-17-24(28)27(16-20-10-14-22(30-3)15-11-20)19(2)25(29)26-21-6-4-5-7-21/h8-15,19,21H,4-7,16-17H2,1-3H3,(H,26,29)/t19-/m0/s1. The summed E-state index contributed by atoms with van der Waals surface area (Å²) in [5.74, 6) is 1.03. The third-order valence-corrected chi connectivity index (χ3v) is 5.76. The summed E-state index contributed by atoms with van der Waals surface area (Å²) in [6.07, 6.45) is 4.28. The summed E-state index contributed by atoms with van der Waals surface area (Å²) in [5.41, 5.74) is 2.04. The molecule has 0 unspecified atom stereocenters. The van der Waals surface area contributed by atoms with Crippen molar-refractivity contribution in [3.8, 4) is 11.5 Å². The number of rotatable bonds is 9. The van der Waals surface area contributed by atoms with Gasteiger partial charge < -0.3 is 19.7 Å². The first-order valence-electron chi connectivity index (χ1n) is 10.9. The van der Waals surface area contributed by atoms with E-state index in [4.69, 9.17) is 9.47 Å². The Balaban J connectivity index is 1.70. The van der Waals surface area contributed by atoms with Crippen molar-refractivity contribution in [1.82, 2.24) is 10.2 Å². The van der Waals surface area contributed by atoms with Gasteiger partial charge >= 0.3 is 0 Å². The minimum Gasteiger partial charge on any atom is -0.497 e. The van der Waals surface area contributed by atoms with Crippen LogP contribution in [0, 0.1) is 6.92 Å². The number of carbonyl (C=O) groups is 2. The normalized spacial score (nSPS) is 14.7. The van der Waals surface area contributed by atoms with Gasteiger partial charge in [-0.15, -0.1) is 0 Å². The topological polar surface area (TPSA) is 67.9 Å². The molecule has 3 rings (SSSR count). The molecule has 0 spiro atoms. The van der Waals surface area contributed by atoms with E-state index in [1.165, 1.54) is 0 Å². The van der Waals surface area contributed by atoms with E-state index >= 15 is 0 Å². The zero-order chi connectivity index (χ0) is 22.2. The first-order chi connectivity index (χ1) is 15.0. The van der Waals surface area contributed by atoms with Crippen molar-refractivity contribution < 1.29 is 19.1 Å². The second-order valence-corrected chi connectivity index (χ2v) is 8.14. The van der Waals surface area contributed by atoms with Gasteiger partial charge in [-0.25, -0.2) is 0 Å². The molecule has 166 valence electrons. The van der Waals surface area contributed by atoms with Crippen molar-refractivity contribution in [3.05, 3.63) is 59.7 Å². The molecule has 6 nitrogen and oxygen atoms in total. The first-order valence-corrected chi connectivity index (χ1v) is 10.9. The Morgan fingerprint density at radius 2 is 1.65 bits per heavy atom. The number of hydrogen-bond acceptors (Lipinski definition) is 4. The summed E-state index contributed by atoms with van der Waals surface area (Å²) in [6, 6.07) is 14.7. The molecular formula is C25H32N2O4. The summed E-state index contributed by atoms with van der Waals surface area (Å²) < 4.78 is 10.9. The van der Waals surface area contributed by atoms with E-state index in [0.29, 0.717) is 12.3 Å². The van der Waals surface area contributed by atoms with Gasteiger partial charge in [0.1, 0.15) is 17.5 Å². The number of aryl methyl sites for hydroxylation is 1. The molecule has 0 heterocycles. The fourth-order valence-corrected chi connectivity index (χ4v) is 3.76. The highest BCUT2D eigenvalue weighted by Crippen LogP contribution is 2.19. The fourth-order valence-electron chi connectivity index (χ4n) is 3.76. The Morgan fingerprint density at radius 3 is 2.26 bits per heavy atom. The van der Waals surface area contributed by atoms with Gasteiger partial charge in [-0.2, -0.15) is 0 Å². The molecule has 2 amide bonds. The Labute approximate surface area is 184 Å². The number of methoxy groups -OCH3 is 1. The molecule has 6 heteroatoms. The average molecular weight is 425 g/mol. The monoisotopic (exact) mass is 424 g/mol. The van der Waals surface area contributed by atoms with E-state index < -0.39 is 6.04 Å². The number of amides is 2. The van der Waals surface area contributed by atoms with Crippen LogP contribution in [0.25, 0.3) is 0 Å². The van der Waals surface area contributed by atoms with Gasteiger partial charge in [0.2, 0.25) is 5.91 Å². The molecule has 0 saturated heterocycles. The fraction of sp³-hybridized carbons (Fsp3) is 0.440. The van der Waals surface area contributed by atoms with Crippen LogP contribution in [0.3, 0.4) is 0 Å². The predicted octanol–water partition coefficient (Wildman–Crippen LogP) is 3.86. The molecule has 1 aliphatic carbocycles. The molecule has 0 bridgehead atoms. The molecule has 1 saturated carbocycles. The highest BCUT2D eigenvalue weighted by Gasteiger charge is 2.28. The van der Waals surface area contributed by atoms with E-state index in [0.717, 1.165) is 42.6 Å². The molecule has 31 heavy (non-hydrogen) atoms. The molecule has 0 aliphatic heterocycles. The lowest BCUT2D eigenvalue weighted by Crippen LogP contribution is -2.50. The smallest absolute Gasteiger partial charge is 0.261 e. The van der Waals surface area contributed by atoms with E-state index in [1.807, 2.05) is 55.5 Å².